The molecule has 0 bridgehead atoms. The third-order valence-corrected chi connectivity index (χ3v) is 6.37. The van der Waals surface area contributed by atoms with Crippen LogP contribution in [0.4, 0.5) is 0 Å². The van der Waals surface area contributed by atoms with Gasteiger partial charge in [-0.3, -0.25) is 0 Å². The Hall–Kier alpha value is -2.09. The highest BCUT2D eigenvalue weighted by molar-refractivity contribution is 7.89. The highest BCUT2D eigenvalue weighted by Gasteiger charge is 2.26. The van der Waals surface area contributed by atoms with E-state index < -0.39 is 10.0 Å². The van der Waals surface area contributed by atoms with Gasteiger partial charge in [-0.05, 0) is 61.4 Å². The van der Waals surface area contributed by atoms with E-state index in [9.17, 15) is 8.42 Å². The highest BCUT2D eigenvalue weighted by atomic mass is 32.2. The molecule has 28 heavy (non-hydrogen) atoms. The van der Waals surface area contributed by atoms with Crippen LogP contribution in [-0.4, -0.2) is 52.2 Å². The molecule has 2 aromatic rings. The molecule has 0 amide bonds. The van der Waals surface area contributed by atoms with Crippen LogP contribution in [0.25, 0.3) is 0 Å². The summed E-state index contributed by atoms with van der Waals surface area (Å²) in [6.45, 7) is 6.81. The number of nitrogens with zero attached hydrogens (tertiary/aromatic N) is 1. The monoisotopic (exact) mass is 405 g/mol. The smallest absolute Gasteiger partial charge is 0.243 e. The van der Waals surface area contributed by atoms with Crippen LogP contribution in [0.2, 0.25) is 0 Å². The van der Waals surface area contributed by atoms with E-state index in [1.54, 1.807) is 24.3 Å². The second-order valence-electron chi connectivity index (χ2n) is 6.86. The predicted molar refractivity (Wildman–Crippen MR) is 108 cm³/mol. The molecule has 0 unspecified atom stereocenters. The highest BCUT2D eigenvalue weighted by Crippen LogP contribution is 2.21. The van der Waals surface area contributed by atoms with Crippen molar-refractivity contribution in [2.24, 2.45) is 0 Å². The topological polar surface area (TPSA) is 65.1 Å². The maximum atomic E-state index is 12.6. The minimum absolute atomic E-state index is 0.278. The molecule has 1 aliphatic rings. The van der Waals surface area contributed by atoms with E-state index in [-0.39, 0.29) is 4.90 Å². The lowest BCUT2D eigenvalue weighted by molar-refractivity contribution is 0.0730. The summed E-state index contributed by atoms with van der Waals surface area (Å²) in [6, 6.07) is 12.7. The molecule has 1 aliphatic heterocycles. The largest absolute Gasteiger partial charge is 0.493 e. The Morgan fingerprint density at radius 1 is 0.893 bits per heavy atom. The molecule has 7 heteroatoms. The summed E-state index contributed by atoms with van der Waals surface area (Å²) in [5, 5.41) is 0. The van der Waals surface area contributed by atoms with Crippen molar-refractivity contribution in [2.75, 3.05) is 39.5 Å². The number of aryl methyl sites for hydroxylation is 2. The Bertz CT molecular complexity index is 854. The summed E-state index contributed by atoms with van der Waals surface area (Å²) >= 11 is 0. The molecule has 2 aromatic carbocycles. The minimum atomic E-state index is -3.47. The molecule has 0 N–H and O–H groups in total. The summed E-state index contributed by atoms with van der Waals surface area (Å²) < 4.78 is 43.3. The average molecular weight is 406 g/mol. The van der Waals surface area contributed by atoms with Gasteiger partial charge in [-0.25, -0.2) is 8.42 Å². The van der Waals surface area contributed by atoms with E-state index in [4.69, 9.17) is 14.2 Å². The van der Waals surface area contributed by atoms with Gasteiger partial charge >= 0.3 is 0 Å². The fourth-order valence-corrected chi connectivity index (χ4v) is 4.51. The first-order chi connectivity index (χ1) is 13.4. The molecule has 0 aliphatic carbocycles. The van der Waals surface area contributed by atoms with Gasteiger partial charge in [-0.1, -0.05) is 6.07 Å². The van der Waals surface area contributed by atoms with Gasteiger partial charge in [0.25, 0.3) is 0 Å². The Morgan fingerprint density at radius 2 is 1.46 bits per heavy atom. The van der Waals surface area contributed by atoms with Crippen molar-refractivity contribution in [1.82, 2.24) is 4.31 Å². The van der Waals surface area contributed by atoms with Crippen LogP contribution in [0.15, 0.2) is 47.4 Å². The van der Waals surface area contributed by atoms with Gasteiger partial charge in [-0.2, -0.15) is 4.31 Å². The number of sulfonamides is 1. The third-order valence-electron chi connectivity index (χ3n) is 4.45. The van der Waals surface area contributed by atoms with E-state index in [0.29, 0.717) is 45.3 Å². The molecule has 0 aromatic heterocycles. The van der Waals surface area contributed by atoms with Gasteiger partial charge in [-0.15, -0.1) is 0 Å². The second-order valence-corrected chi connectivity index (χ2v) is 8.80. The lowest BCUT2D eigenvalue weighted by Gasteiger charge is -2.26. The quantitative estimate of drug-likeness (QED) is 0.631. The number of rotatable bonds is 8. The number of hydrogen-bond acceptors (Lipinski definition) is 5. The van der Waals surface area contributed by atoms with E-state index in [1.807, 2.05) is 26.0 Å². The van der Waals surface area contributed by atoms with E-state index >= 15 is 0 Å². The third kappa shape index (κ3) is 5.47. The predicted octanol–water partition coefficient (Wildman–Crippen LogP) is 3.17. The molecule has 6 nitrogen and oxygen atoms in total. The molecular formula is C21H27NO5S. The van der Waals surface area contributed by atoms with Crippen LogP contribution in [0.1, 0.15) is 17.5 Å². The van der Waals surface area contributed by atoms with Crippen molar-refractivity contribution in [3.05, 3.63) is 53.6 Å². The zero-order chi connectivity index (χ0) is 20.0. The average Bonchev–Trinajstić information content (AvgIpc) is 2.68. The number of morpholine rings is 1. The molecular weight excluding hydrogens is 378 g/mol. The maximum Gasteiger partial charge on any atom is 0.243 e. The van der Waals surface area contributed by atoms with Gasteiger partial charge in [0.05, 0.1) is 31.3 Å². The molecule has 3 rings (SSSR count). The van der Waals surface area contributed by atoms with Crippen LogP contribution in [0.5, 0.6) is 11.5 Å². The van der Waals surface area contributed by atoms with Gasteiger partial charge < -0.3 is 14.2 Å². The molecule has 0 radical (unpaired) electrons. The van der Waals surface area contributed by atoms with Gasteiger partial charge in [0.15, 0.2) is 0 Å². The van der Waals surface area contributed by atoms with Gasteiger partial charge in [0.2, 0.25) is 10.0 Å². The molecule has 1 heterocycles. The summed E-state index contributed by atoms with van der Waals surface area (Å²) in [5.41, 5.74) is 2.36. The maximum absolute atomic E-state index is 12.6. The lowest BCUT2D eigenvalue weighted by atomic mass is 10.1. The zero-order valence-electron chi connectivity index (χ0n) is 16.4. The molecule has 152 valence electrons. The first-order valence-corrected chi connectivity index (χ1v) is 10.9. The standard InChI is InChI=1S/C21H27NO5S/c1-17-14-18(2)16-20(15-17)27-11-3-10-26-19-4-6-21(7-5-19)28(23,24)22-8-12-25-13-9-22/h4-7,14-16H,3,8-13H2,1-2H3. The van der Waals surface area contributed by atoms with E-state index in [1.165, 1.54) is 15.4 Å². The van der Waals surface area contributed by atoms with Crippen molar-refractivity contribution in [1.29, 1.82) is 0 Å². The second kappa shape index (κ2) is 9.41. The van der Waals surface area contributed by atoms with Crippen LogP contribution < -0.4 is 9.47 Å². The Kier molecular flexibility index (Phi) is 6.93. The SMILES string of the molecule is Cc1cc(C)cc(OCCCOc2ccc(S(=O)(=O)N3CCOCC3)cc2)c1. The van der Waals surface area contributed by atoms with Crippen LogP contribution in [0.3, 0.4) is 0 Å². The van der Waals surface area contributed by atoms with Crippen LogP contribution in [-0.2, 0) is 14.8 Å². The summed E-state index contributed by atoms with van der Waals surface area (Å²) in [5.74, 6) is 1.52. The van der Waals surface area contributed by atoms with Crippen molar-refractivity contribution in [3.8, 4) is 11.5 Å². The Labute approximate surface area is 167 Å². The normalized spacial score (nSPS) is 15.4. The molecule has 0 spiro atoms. The van der Waals surface area contributed by atoms with Crippen LogP contribution in [0, 0.1) is 13.8 Å². The van der Waals surface area contributed by atoms with Crippen molar-refractivity contribution in [3.63, 3.8) is 0 Å². The van der Waals surface area contributed by atoms with Crippen molar-refractivity contribution < 1.29 is 22.6 Å². The van der Waals surface area contributed by atoms with E-state index in [2.05, 4.69) is 6.07 Å². The first-order valence-electron chi connectivity index (χ1n) is 9.47. The summed E-state index contributed by atoms with van der Waals surface area (Å²) in [4.78, 5) is 0.278. The molecule has 0 atom stereocenters. The fourth-order valence-electron chi connectivity index (χ4n) is 3.10. The molecule has 1 fully saturated rings. The van der Waals surface area contributed by atoms with Gasteiger partial charge in [0, 0.05) is 19.5 Å². The van der Waals surface area contributed by atoms with E-state index in [0.717, 1.165) is 12.2 Å². The number of ether oxygens (including phenoxy) is 3. The molecule has 0 saturated carbocycles. The van der Waals surface area contributed by atoms with Gasteiger partial charge in [0.1, 0.15) is 11.5 Å². The fraction of sp³-hybridized carbons (Fsp3) is 0.429. The zero-order valence-corrected chi connectivity index (χ0v) is 17.2. The first kappa shape index (κ1) is 20.6. The molecule has 1 saturated heterocycles. The van der Waals surface area contributed by atoms with Crippen molar-refractivity contribution >= 4 is 10.0 Å². The Balaban J connectivity index is 1.45. The summed E-state index contributed by atoms with van der Waals surface area (Å²) in [7, 11) is -3.47. The summed E-state index contributed by atoms with van der Waals surface area (Å²) in [6.07, 6.45) is 0.737. The Morgan fingerprint density at radius 3 is 2.07 bits per heavy atom. The van der Waals surface area contributed by atoms with Crippen LogP contribution >= 0.6 is 0 Å². The number of benzene rings is 2. The van der Waals surface area contributed by atoms with Crippen molar-refractivity contribution in [2.45, 2.75) is 25.2 Å². The lowest BCUT2D eigenvalue weighted by Crippen LogP contribution is -2.40. The minimum Gasteiger partial charge on any atom is -0.493 e. The number of hydrogen-bond donors (Lipinski definition) is 0.